The van der Waals surface area contributed by atoms with Crippen molar-refractivity contribution in [2.45, 2.75) is 63.5 Å². The molecule has 2 N–H and O–H groups in total. The first-order valence-electron chi connectivity index (χ1n) is 13.7. The molecule has 3 aromatic rings. The number of aliphatic hydroxyl groups excluding tert-OH is 2. The molecule has 1 aliphatic rings. The molecule has 0 saturated carbocycles. The van der Waals surface area contributed by atoms with Crippen LogP contribution >= 0.6 is 0 Å². The number of aromatic nitrogens is 1. The molecule has 6 nitrogen and oxygen atoms in total. The maximum atomic E-state index is 14.0. The summed E-state index contributed by atoms with van der Waals surface area (Å²) in [5, 5.41) is 19.9. The number of benzene rings is 2. The van der Waals surface area contributed by atoms with Gasteiger partial charge in [0.25, 0.3) is 0 Å². The van der Waals surface area contributed by atoms with E-state index in [2.05, 4.69) is 4.98 Å². The lowest BCUT2D eigenvalue weighted by atomic mass is 9.81. The fourth-order valence-electron chi connectivity index (χ4n) is 5.65. The van der Waals surface area contributed by atoms with Gasteiger partial charge in [0.1, 0.15) is 11.6 Å². The van der Waals surface area contributed by atoms with Crippen molar-refractivity contribution in [1.82, 2.24) is 4.98 Å². The van der Waals surface area contributed by atoms with Gasteiger partial charge < -0.3 is 20.0 Å². The second-order valence-corrected chi connectivity index (χ2v) is 11.5. The lowest BCUT2D eigenvalue weighted by Gasteiger charge is -2.33. The summed E-state index contributed by atoms with van der Waals surface area (Å²) in [4.78, 5) is 21.3. The van der Waals surface area contributed by atoms with E-state index >= 15 is 0 Å². The summed E-state index contributed by atoms with van der Waals surface area (Å²) in [6.07, 6.45) is -7.69. The molecule has 0 spiro atoms. The first-order chi connectivity index (χ1) is 20.4. The topological polar surface area (TPSA) is 76.9 Å². The van der Waals surface area contributed by atoms with Gasteiger partial charge in [0.2, 0.25) is 5.91 Å². The fraction of sp³-hybridized carbons (Fsp3) is 0.419. The van der Waals surface area contributed by atoms with E-state index in [1.54, 1.807) is 17.9 Å². The third-order valence-corrected chi connectivity index (χ3v) is 8.16. The highest BCUT2D eigenvalue weighted by Gasteiger charge is 2.41. The lowest BCUT2D eigenvalue weighted by Crippen LogP contribution is -2.42. The van der Waals surface area contributed by atoms with Crippen LogP contribution in [0, 0.1) is 12.7 Å². The van der Waals surface area contributed by atoms with Gasteiger partial charge in [-0.15, -0.1) is 0 Å². The third-order valence-electron chi connectivity index (χ3n) is 8.16. The standard InChI is InChI=1S/C31H32F7N3O3/c1-17-9-21(32)5-8-24(17)25-13-27(41-22(15-42)6-7-23(41)16-43)39-14-26(25)40(4)28(44)29(2,3)18-10-19(30(33,34)35)12-20(11-18)31(36,37)38/h5,8-14,22-23,42-43H,6-7,15-16H2,1-4H3/t22-,23-/m0/s1. The Morgan fingerprint density at radius 2 is 1.41 bits per heavy atom. The second kappa shape index (κ2) is 12.0. The summed E-state index contributed by atoms with van der Waals surface area (Å²) in [6.45, 7) is 3.67. The largest absolute Gasteiger partial charge is 0.416 e. The quantitative estimate of drug-likeness (QED) is 0.293. The minimum atomic E-state index is -5.09. The number of carbonyl (C=O) groups is 1. The van der Waals surface area contributed by atoms with E-state index in [9.17, 15) is 45.7 Å². The summed E-state index contributed by atoms with van der Waals surface area (Å²) >= 11 is 0. The Labute approximate surface area is 249 Å². The Morgan fingerprint density at radius 3 is 1.89 bits per heavy atom. The van der Waals surface area contributed by atoms with E-state index < -0.39 is 46.2 Å². The molecule has 0 radical (unpaired) electrons. The molecule has 4 rings (SSSR count). The molecule has 2 atom stereocenters. The molecule has 238 valence electrons. The second-order valence-electron chi connectivity index (χ2n) is 11.5. The van der Waals surface area contributed by atoms with E-state index in [1.807, 2.05) is 0 Å². The molecule has 13 heteroatoms. The minimum Gasteiger partial charge on any atom is -0.394 e. The molecule has 44 heavy (non-hydrogen) atoms. The molecule has 0 unspecified atom stereocenters. The highest BCUT2D eigenvalue weighted by Crippen LogP contribution is 2.42. The first kappa shape index (κ1) is 33.2. The summed E-state index contributed by atoms with van der Waals surface area (Å²) in [5.74, 6) is -0.989. The molecule has 0 bridgehead atoms. The van der Waals surface area contributed by atoms with Crippen LogP contribution in [0.3, 0.4) is 0 Å². The van der Waals surface area contributed by atoms with E-state index in [0.29, 0.717) is 47.5 Å². The molecule has 2 aromatic carbocycles. The third kappa shape index (κ3) is 6.39. The van der Waals surface area contributed by atoms with Gasteiger partial charge in [-0.05, 0) is 86.7 Å². The smallest absolute Gasteiger partial charge is 0.394 e. The van der Waals surface area contributed by atoms with Crippen LogP contribution in [0.1, 0.15) is 48.9 Å². The number of alkyl halides is 6. The van der Waals surface area contributed by atoms with Crippen molar-refractivity contribution in [2.24, 2.45) is 0 Å². The van der Waals surface area contributed by atoms with E-state index in [4.69, 9.17) is 0 Å². The van der Waals surface area contributed by atoms with Gasteiger partial charge in [-0.25, -0.2) is 9.37 Å². The van der Waals surface area contributed by atoms with Crippen LogP contribution in [0.2, 0.25) is 0 Å². The Kier molecular flexibility index (Phi) is 9.05. The van der Waals surface area contributed by atoms with Crippen LogP contribution in [-0.4, -0.2) is 53.4 Å². The number of anilines is 2. The van der Waals surface area contributed by atoms with Gasteiger partial charge in [0, 0.05) is 12.6 Å². The zero-order chi connectivity index (χ0) is 32.8. The van der Waals surface area contributed by atoms with Gasteiger partial charge in [-0.3, -0.25) is 4.79 Å². The summed E-state index contributed by atoms with van der Waals surface area (Å²) in [7, 11) is 1.32. The maximum Gasteiger partial charge on any atom is 0.416 e. The number of nitrogens with zero attached hydrogens (tertiary/aromatic N) is 3. The molecule has 2 heterocycles. The van der Waals surface area contributed by atoms with Crippen molar-refractivity contribution >= 4 is 17.4 Å². The van der Waals surface area contributed by atoms with Crippen LogP contribution < -0.4 is 9.80 Å². The number of halogens is 7. The van der Waals surface area contributed by atoms with E-state index in [1.165, 1.54) is 45.3 Å². The highest BCUT2D eigenvalue weighted by molar-refractivity contribution is 6.03. The molecule has 0 aliphatic carbocycles. The number of carbonyl (C=O) groups excluding carboxylic acids is 1. The Balaban J connectivity index is 1.85. The zero-order valence-corrected chi connectivity index (χ0v) is 24.4. The number of aryl methyl sites for hydroxylation is 1. The minimum absolute atomic E-state index is 0.00345. The van der Waals surface area contributed by atoms with E-state index in [0.717, 1.165) is 4.90 Å². The number of pyridine rings is 1. The molecule has 1 aromatic heterocycles. The van der Waals surface area contributed by atoms with Crippen LogP contribution in [0.15, 0.2) is 48.7 Å². The Morgan fingerprint density at radius 1 is 0.886 bits per heavy atom. The van der Waals surface area contributed by atoms with Gasteiger partial charge in [-0.1, -0.05) is 6.07 Å². The zero-order valence-electron chi connectivity index (χ0n) is 24.4. The normalized spacial score (nSPS) is 17.7. The molecule has 1 amide bonds. The summed E-state index contributed by atoms with van der Waals surface area (Å²) in [5.41, 5.74) is -3.94. The SMILES string of the molecule is Cc1cc(F)ccc1-c1cc(N2[C@H](CO)CC[C@H]2CO)ncc1N(C)C(=O)C(C)(C)c1cc(C(F)(F)F)cc(C(F)(F)F)c1. The molecule has 1 saturated heterocycles. The van der Waals surface area contributed by atoms with Crippen LogP contribution in [0.25, 0.3) is 11.1 Å². The van der Waals surface area contributed by atoms with Crippen LogP contribution in [0.5, 0.6) is 0 Å². The number of amides is 1. The highest BCUT2D eigenvalue weighted by atomic mass is 19.4. The van der Waals surface area contributed by atoms with Gasteiger partial charge in [-0.2, -0.15) is 26.3 Å². The Hall–Kier alpha value is -3.71. The summed E-state index contributed by atoms with van der Waals surface area (Å²) in [6, 6.07) is 5.94. The average Bonchev–Trinajstić information content (AvgIpc) is 3.38. The predicted octanol–water partition coefficient (Wildman–Crippen LogP) is 6.50. The van der Waals surface area contributed by atoms with Gasteiger partial charge in [0.15, 0.2) is 0 Å². The molecule has 1 fully saturated rings. The maximum absolute atomic E-state index is 14.0. The number of aliphatic hydroxyl groups is 2. The fourth-order valence-corrected chi connectivity index (χ4v) is 5.65. The van der Waals surface area contributed by atoms with Crippen LogP contribution in [0.4, 0.5) is 42.2 Å². The van der Waals surface area contributed by atoms with Crippen molar-refractivity contribution < 1.29 is 45.7 Å². The van der Waals surface area contributed by atoms with Gasteiger partial charge >= 0.3 is 12.4 Å². The van der Waals surface area contributed by atoms with Crippen LogP contribution in [-0.2, 0) is 22.6 Å². The lowest BCUT2D eigenvalue weighted by molar-refractivity contribution is -0.143. The van der Waals surface area contributed by atoms with Crippen molar-refractivity contribution in [3.63, 3.8) is 0 Å². The molecular formula is C31H32F7N3O3. The monoisotopic (exact) mass is 627 g/mol. The first-order valence-corrected chi connectivity index (χ1v) is 13.7. The van der Waals surface area contributed by atoms with Crippen molar-refractivity contribution in [2.75, 3.05) is 30.1 Å². The number of hydrogen-bond acceptors (Lipinski definition) is 5. The molecule has 1 aliphatic heterocycles. The van der Waals surface area contributed by atoms with Crippen molar-refractivity contribution in [1.29, 1.82) is 0 Å². The van der Waals surface area contributed by atoms with Crippen molar-refractivity contribution in [3.05, 3.63) is 76.7 Å². The van der Waals surface area contributed by atoms with E-state index in [-0.39, 0.29) is 37.1 Å². The summed E-state index contributed by atoms with van der Waals surface area (Å²) < 4.78 is 95.6. The average molecular weight is 628 g/mol. The molecular weight excluding hydrogens is 595 g/mol. The predicted molar refractivity (Wildman–Crippen MR) is 151 cm³/mol. The van der Waals surface area contributed by atoms with Crippen molar-refractivity contribution in [3.8, 4) is 11.1 Å². The van der Waals surface area contributed by atoms with Gasteiger partial charge in [0.05, 0.1) is 53.7 Å². The number of rotatable bonds is 7. The number of likely N-dealkylation sites (N-methyl/N-ethyl adjacent to an activating group) is 1. The number of hydrogen-bond donors (Lipinski definition) is 2. The Bertz CT molecular complexity index is 1490.